The van der Waals surface area contributed by atoms with E-state index in [2.05, 4.69) is 17.1 Å². The molecule has 3 atom stereocenters. The molecule has 1 N–H and O–H groups in total. The molecule has 1 aliphatic heterocycles. The maximum atomic E-state index is 11.1. The summed E-state index contributed by atoms with van der Waals surface area (Å²) >= 11 is 0. The monoisotopic (exact) mass is 347 g/mol. The van der Waals surface area contributed by atoms with Crippen molar-refractivity contribution in [3.63, 3.8) is 0 Å². The minimum Gasteiger partial charge on any atom is -0.464 e. The SMILES string of the molecule is COC1Oc2ccc(-c3ccccn3)cc2C(O)C1Cc1ccccc1. The molecular formula is C22H21NO3. The summed E-state index contributed by atoms with van der Waals surface area (Å²) in [6, 6.07) is 21.7. The van der Waals surface area contributed by atoms with Gasteiger partial charge in [0.2, 0.25) is 6.29 Å². The first kappa shape index (κ1) is 16.8. The zero-order valence-electron chi connectivity index (χ0n) is 14.6. The number of methoxy groups -OCH3 is 1. The second kappa shape index (κ2) is 7.28. The van der Waals surface area contributed by atoms with Crippen molar-refractivity contribution in [3.8, 4) is 17.0 Å². The van der Waals surface area contributed by atoms with Gasteiger partial charge in [-0.25, -0.2) is 0 Å². The zero-order chi connectivity index (χ0) is 17.9. The van der Waals surface area contributed by atoms with Crippen LogP contribution in [0, 0.1) is 5.92 Å². The summed E-state index contributed by atoms with van der Waals surface area (Å²) in [6.45, 7) is 0. The molecule has 0 saturated heterocycles. The lowest BCUT2D eigenvalue weighted by Gasteiger charge is -2.36. The normalized spacial score (nSPS) is 21.7. The second-order valence-electron chi connectivity index (χ2n) is 6.49. The lowest BCUT2D eigenvalue weighted by molar-refractivity contribution is -0.139. The van der Waals surface area contributed by atoms with Crippen molar-refractivity contribution >= 4 is 0 Å². The molecule has 2 aromatic carbocycles. The van der Waals surface area contributed by atoms with Gasteiger partial charge in [0, 0.05) is 24.4 Å². The summed E-state index contributed by atoms with van der Waals surface area (Å²) in [6.07, 6.45) is 1.28. The van der Waals surface area contributed by atoms with Crippen molar-refractivity contribution < 1.29 is 14.6 Å². The van der Waals surface area contributed by atoms with E-state index in [4.69, 9.17) is 9.47 Å². The Labute approximate surface area is 153 Å². The number of aliphatic hydroxyl groups is 1. The van der Waals surface area contributed by atoms with Gasteiger partial charge in [-0.1, -0.05) is 36.4 Å². The van der Waals surface area contributed by atoms with Crippen LogP contribution in [0.4, 0.5) is 0 Å². The van der Waals surface area contributed by atoms with Gasteiger partial charge in [-0.2, -0.15) is 0 Å². The maximum Gasteiger partial charge on any atom is 0.205 e. The van der Waals surface area contributed by atoms with E-state index >= 15 is 0 Å². The van der Waals surface area contributed by atoms with Crippen LogP contribution in [0.3, 0.4) is 0 Å². The Morgan fingerprint density at radius 2 is 1.85 bits per heavy atom. The number of rotatable bonds is 4. The molecule has 1 aromatic heterocycles. The predicted octanol–water partition coefficient (Wildman–Crippen LogP) is 4.01. The fourth-order valence-corrected chi connectivity index (χ4v) is 3.49. The molecule has 3 unspecified atom stereocenters. The Morgan fingerprint density at radius 3 is 2.58 bits per heavy atom. The molecule has 26 heavy (non-hydrogen) atoms. The van der Waals surface area contributed by atoms with Gasteiger partial charge < -0.3 is 14.6 Å². The van der Waals surface area contributed by atoms with Crippen LogP contribution in [0.2, 0.25) is 0 Å². The Bertz CT molecular complexity index is 867. The molecule has 0 bridgehead atoms. The molecule has 4 nitrogen and oxygen atoms in total. The molecule has 3 aromatic rings. The van der Waals surface area contributed by atoms with Crippen LogP contribution >= 0.6 is 0 Å². The van der Waals surface area contributed by atoms with Gasteiger partial charge in [0.15, 0.2) is 0 Å². The summed E-state index contributed by atoms with van der Waals surface area (Å²) in [4.78, 5) is 4.39. The highest BCUT2D eigenvalue weighted by atomic mass is 16.7. The average Bonchev–Trinajstić information content (AvgIpc) is 2.71. The molecule has 132 valence electrons. The Hall–Kier alpha value is -2.69. The third-order valence-corrected chi connectivity index (χ3v) is 4.83. The topological polar surface area (TPSA) is 51.6 Å². The van der Waals surface area contributed by atoms with Crippen LogP contribution < -0.4 is 4.74 Å². The first-order valence-corrected chi connectivity index (χ1v) is 8.73. The van der Waals surface area contributed by atoms with Gasteiger partial charge in [0.1, 0.15) is 5.75 Å². The molecule has 0 saturated carbocycles. The van der Waals surface area contributed by atoms with Gasteiger partial charge in [-0.3, -0.25) is 4.98 Å². The number of ether oxygens (including phenoxy) is 2. The molecule has 1 aliphatic rings. The third kappa shape index (κ3) is 3.21. The molecular weight excluding hydrogens is 326 g/mol. The van der Waals surface area contributed by atoms with E-state index in [1.807, 2.05) is 54.6 Å². The van der Waals surface area contributed by atoms with Gasteiger partial charge in [0.25, 0.3) is 0 Å². The summed E-state index contributed by atoms with van der Waals surface area (Å²) in [7, 11) is 1.61. The highest BCUT2D eigenvalue weighted by Crippen LogP contribution is 2.41. The number of aromatic nitrogens is 1. The van der Waals surface area contributed by atoms with Crippen LogP contribution in [0.1, 0.15) is 17.2 Å². The van der Waals surface area contributed by atoms with Gasteiger partial charge in [-0.15, -0.1) is 0 Å². The predicted molar refractivity (Wildman–Crippen MR) is 99.7 cm³/mol. The van der Waals surface area contributed by atoms with Crippen molar-refractivity contribution in [3.05, 3.63) is 84.1 Å². The Morgan fingerprint density at radius 1 is 1.04 bits per heavy atom. The lowest BCUT2D eigenvalue weighted by Crippen LogP contribution is -2.38. The largest absolute Gasteiger partial charge is 0.464 e. The summed E-state index contributed by atoms with van der Waals surface area (Å²) < 4.78 is 11.5. The molecule has 0 amide bonds. The lowest BCUT2D eigenvalue weighted by atomic mass is 9.86. The van der Waals surface area contributed by atoms with E-state index in [0.717, 1.165) is 22.4 Å². The van der Waals surface area contributed by atoms with Crippen LogP contribution in [0.5, 0.6) is 5.75 Å². The average molecular weight is 347 g/mol. The molecule has 0 radical (unpaired) electrons. The van der Waals surface area contributed by atoms with E-state index in [1.54, 1.807) is 13.3 Å². The van der Waals surface area contributed by atoms with Crippen molar-refractivity contribution in [1.82, 2.24) is 4.98 Å². The second-order valence-corrected chi connectivity index (χ2v) is 6.49. The number of pyridine rings is 1. The minimum absolute atomic E-state index is 0.186. The molecule has 0 fully saturated rings. The fourth-order valence-electron chi connectivity index (χ4n) is 3.49. The first-order chi connectivity index (χ1) is 12.8. The van der Waals surface area contributed by atoms with Crippen molar-refractivity contribution in [2.24, 2.45) is 5.92 Å². The van der Waals surface area contributed by atoms with Crippen molar-refractivity contribution in [2.75, 3.05) is 7.11 Å². The minimum atomic E-state index is -0.674. The van der Waals surface area contributed by atoms with Crippen LogP contribution in [0.25, 0.3) is 11.3 Å². The zero-order valence-corrected chi connectivity index (χ0v) is 14.6. The number of aliphatic hydroxyl groups excluding tert-OH is 1. The highest BCUT2D eigenvalue weighted by Gasteiger charge is 2.37. The molecule has 2 heterocycles. The summed E-state index contributed by atoms with van der Waals surface area (Å²) in [5.74, 6) is 0.474. The van der Waals surface area contributed by atoms with E-state index in [9.17, 15) is 5.11 Å². The van der Waals surface area contributed by atoms with E-state index in [1.165, 1.54) is 0 Å². The highest BCUT2D eigenvalue weighted by molar-refractivity contribution is 5.62. The quantitative estimate of drug-likeness (QED) is 0.775. The summed E-state index contributed by atoms with van der Waals surface area (Å²) in [5, 5.41) is 11.1. The van der Waals surface area contributed by atoms with Gasteiger partial charge in [-0.05, 0) is 42.3 Å². The molecule has 4 rings (SSSR count). The van der Waals surface area contributed by atoms with Gasteiger partial charge in [0.05, 0.1) is 17.7 Å². The van der Waals surface area contributed by atoms with Crippen molar-refractivity contribution in [1.29, 1.82) is 0 Å². The number of nitrogens with zero attached hydrogens (tertiary/aromatic N) is 1. The fraction of sp³-hybridized carbons (Fsp3) is 0.227. The van der Waals surface area contributed by atoms with Crippen molar-refractivity contribution in [2.45, 2.75) is 18.8 Å². The Balaban J connectivity index is 1.68. The molecule has 0 aliphatic carbocycles. The van der Waals surface area contributed by atoms with E-state index in [0.29, 0.717) is 12.2 Å². The Kier molecular flexibility index (Phi) is 4.69. The smallest absolute Gasteiger partial charge is 0.205 e. The van der Waals surface area contributed by atoms with E-state index in [-0.39, 0.29) is 5.92 Å². The van der Waals surface area contributed by atoms with Crippen LogP contribution in [-0.2, 0) is 11.2 Å². The standard InChI is InChI=1S/C22H21NO3/c1-25-22-18(13-15-7-3-2-4-8-15)21(24)17-14-16(10-11-20(17)26-22)19-9-5-6-12-23-19/h2-12,14,18,21-22,24H,13H2,1H3. The van der Waals surface area contributed by atoms with Gasteiger partial charge >= 0.3 is 0 Å². The number of hydrogen-bond donors (Lipinski definition) is 1. The summed E-state index contributed by atoms with van der Waals surface area (Å²) in [5.41, 5.74) is 3.76. The number of benzene rings is 2. The van der Waals surface area contributed by atoms with E-state index < -0.39 is 12.4 Å². The maximum absolute atomic E-state index is 11.1. The number of hydrogen-bond acceptors (Lipinski definition) is 4. The molecule has 4 heteroatoms. The first-order valence-electron chi connectivity index (χ1n) is 8.73. The third-order valence-electron chi connectivity index (χ3n) is 4.83. The van der Waals surface area contributed by atoms with Crippen LogP contribution in [0.15, 0.2) is 72.9 Å². The molecule has 0 spiro atoms. The van der Waals surface area contributed by atoms with Crippen LogP contribution in [-0.4, -0.2) is 23.5 Å². The number of fused-ring (bicyclic) bond motifs is 1.